The lowest BCUT2D eigenvalue weighted by atomic mass is 10.1. The van der Waals surface area contributed by atoms with Crippen molar-refractivity contribution in [1.29, 1.82) is 0 Å². The van der Waals surface area contributed by atoms with Gasteiger partial charge < -0.3 is 25.6 Å². The highest BCUT2D eigenvalue weighted by Gasteiger charge is 2.24. The number of benzene rings is 1. The summed E-state index contributed by atoms with van der Waals surface area (Å²) in [6.07, 6.45) is 13.6. The highest BCUT2D eigenvalue weighted by molar-refractivity contribution is 5.88. The van der Waals surface area contributed by atoms with Gasteiger partial charge in [0.2, 0.25) is 11.8 Å². The molecule has 0 aromatic heterocycles. The van der Waals surface area contributed by atoms with Crippen LogP contribution in [0.4, 0.5) is 5.69 Å². The van der Waals surface area contributed by atoms with E-state index in [0.29, 0.717) is 42.4 Å². The van der Waals surface area contributed by atoms with E-state index in [-0.39, 0.29) is 24.8 Å². The summed E-state index contributed by atoms with van der Waals surface area (Å²) in [7, 11) is 3.86. The highest BCUT2D eigenvalue weighted by atomic mass is 16.5. The molecule has 3 amide bonds. The summed E-state index contributed by atoms with van der Waals surface area (Å²) < 4.78 is 5.76. The third-order valence-corrected chi connectivity index (χ3v) is 6.95. The third kappa shape index (κ3) is 18.6. The van der Waals surface area contributed by atoms with E-state index in [1.54, 1.807) is 31.2 Å². The lowest BCUT2D eigenvalue weighted by molar-refractivity contribution is -0.166. The third-order valence-electron chi connectivity index (χ3n) is 6.95. The lowest BCUT2D eigenvalue weighted by Gasteiger charge is -2.24. The maximum absolute atomic E-state index is 12.6. The molecule has 0 fully saturated rings. The van der Waals surface area contributed by atoms with Crippen LogP contribution in [-0.2, 0) is 14.4 Å². The first-order valence-corrected chi connectivity index (χ1v) is 16.0. The Morgan fingerprint density at radius 3 is 2.00 bits per heavy atom. The van der Waals surface area contributed by atoms with Crippen LogP contribution in [-0.4, -0.2) is 79.4 Å². The van der Waals surface area contributed by atoms with Gasteiger partial charge in [0, 0.05) is 31.6 Å². The van der Waals surface area contributed by atoms with Gasteiger partial charge in [-0.25, -0.2) is 5.06 Å². The predicted molar refractivity (Wildman–Crippen MR) is 169 cm³/mol. The fourth-order valence-electron chi connectivity index (χ4n) is 4.42. The van der Waals surface area contributed by atoms with E-state index < -0.39 is 12.1 Å². The number of hydrogen-bond acceptors (Lipinski definition) is 7. The molecule has 4 N–H and O–H groups in total. The molecule has 1 aromatic carbocycles. The zero-order valence-electron chi connectivity index (χ0n) is 26.6. The minimum Gasteiger partial charge on any atom is -0.494 e. The fourth-order valence-corrected chi connectivity index (χ4v) is 4.42. The molecule has 1 aromatic rings. The molecular weight excluding hydrogens is 534 g/mol. The number of unbranched alkanes of at least 4 members (excludes halogenated alkanes) is 9. The average Bonchev–Trinajstić information content (AvgIpc) is 2.97. The normalized spacial score (nSPS) is 11.7. The maximum Gasteiger partial charge on any atom is 0.289 e. The summed E-state index contributed by atoms with van der Waals surface area (Å²) in [5.74, 6) is -0.234. The molecule has 0 bridgehead atoms. The smallest absolute Gasteiger partial charge is 0.289 e. The summed E-state index contributed by atoms with van der Waals surface area (Å²) >= 11 is 0. The van der Waals surface area contributed by atoms with E-state index in [4.69, 9.17) is 4.74 Å². The van der Waals surface area contributed by atoms with Crippen molar-refractivity contribution in [3.05, 3.63) is 24.3 Å². The Bertz CT molecular complexity index is 865. The summed E-state index contributed by atoms with van der Waals surface area (Å²) in [6, 6.07) is 6.98. The van der Waals surface area contributed by atoms with Crippen LogP contribution in [0.1, 0.15) is 104 Å². The number of anilines is 1. The van der Waals surface area contributed by atoms with E-state index >= 15 is 0 Å². The second kappa shape index (κ2) is 23.7. The Morgan fingerprint density at radius 1 is 0.810 bits per heavy atom. The van der Waals surface area contributed by atoms with Crippen molar-refractivity contribution in [2.75, 3.05) is 45.7 Å². The Morgan fingerprint density at radius 2 is 1.40 bits per heavy atom. The van der Waals surface area contributed by atoms with Crippen LogP contribution in [0, 0.1) is 0 Å². The Kier molecular flexibility index (Phi) is 21.0. The number of amides is 3. The van der Waals surface area contributed by atoms with E-state index in [0.717, 1.165) is 25.9 Å². The topological polar surface area (TPSA) is 123 Å². The van der Waals surface area contributed by atoms with E-state index in [2.05, 4.69) is 22.9 Å². The van der Waals surface area contributed by atoms with E-state index in [9.17, 15) is 19.6 Å². The number of nitrogens with one attached hydrogen (secondary N) is 3. The Hall–Kier alpha value is -2.85. The zero-order chi connectivity index (χ0) is 31.0. The van der Waals surface area contributed by atoms with E-state index in [1.807, 2.05) is 19.0 Å². The van der Waals surface area contributed by atoms with Crippen LogP contribution >= 0.6 is 0 Å². The standard InChI is InChI=1S/C32H57N5O5/c1-5-7-8-9-10-11-12-13-14-15-24-33-29(38)19-17-26-42-28-22-20-27(21-23-28)34-31(32(40)37(41)6-2)35-30(39)18-16-25-36(3)4/h20-23,31,34,41H,5-19,24-26H2,1-4H3,(H,33,38)(H,35,39). The molecule has 1 unspecified atom stereocenters. The lowest BCUT2D eigenvalue weighted by Crippen LogP contribution is -2.51. The van der Waals surface area contributed by atoms with Crippen LogP contribution in [0.15, 0.2) is 24.3 Å². The number of carbonyl (C=O) groups excluding carboxylic acids is 3. The number of hydroxylamine groups is 2. The Balaban J connectivity index is 2.29. The van der Waals surface area contributed by atoms with Crippen LogP contribution in [0.25, 0.3) is 0 Å². The van der Waals surface area contributed by atoms with Crippen molar-refractivity contribution < 1.29 is 24.3 Å². The number of hydrogen-bond donors (Lipinski definition) is 4. The van der Waals surface area contributed by atoms with Gasteiger partial charge in [-0.3, -0.25) is 19.6 Å². The summed E-state index contributed by atoms with van der Waals surface area (Å²) in [4.78, 5) is 39.1. The van der Waals surface area contributed by atoms with Gasteiger partial charge in [0.05, 0.1) is 6.61 Å². The maximum atomic E-state index is 12.6. The monoisotopic (exact) mass is 591 g/mol. The van der Waals surface area contributed by atoms with Gasteiger partial charge >= 0.3 is 0 Å². The fraction of sp³-hybridized carbons (Fsp3) is 0.719. The number of rotatable bonds is 25. The van der Waals surface area contributed by atoms with Crippen LogP contribution in [0.2, 0.25) is 0 Å². The van der Waals surface area contributed by atoms with Crippen molar-refractivity contribution in [3.8, 4) is 5.75 Å². The van der Waals surface area contributed by atoms with Crippen molar-refractivity contribution in [1.82, 2.24) is 20.6 Å². The number of likely N-dealkylation sites (N-methyl/N-ethyl adjacent to an activating group) is 1. The van der Waals surface area contributed by atoms with Crippen LogP contribution in [0.5, 0.6) is 5.75 Å². The first-order valence-electron chi connectivity index (χ1n) is 16.0. The number of nitrogens with zero attached hydrogens (tertiary/aromatic N) is 2. The summed E-state index contributed by atoms with van der Waals surface area (Å²) in [5.41, 5.74) is 0.588. The predicted octanol–water partition coefficient (Wildman–Crippen LogP) is 5.32. The first kappa shape index (κ1) is 37.2. The summed E-state index contributed by atoms with van der Waals surface area (Å²) in [6.45, 7) is 5.89. The van der Waals surface area contributed by atoms with Crippen LogP contribution in [0.3, 0.4) is 0 Å². The van der Waals surface area contributed by atoms with Gasteiger partial charge in [-0.15, -0.1) is 0 Å². The molecule has 0 spiro atoms. The minimum atomic E-state index is -1.10. The van der Waals surface area contributed by atoms with Gasteiger partial charge in [0.1, 0.15) is 5.75 Å². The zero-order valence-corrected chi connectivity index (χ0v) is 26.6. The van der Waals surface area contributed by atoms with Gasteiger partial charge in [-0.1, -0.05) is 64.7 Å². The second-order valence-electron chi connectivity index (χ2n) is 11.1. The number of ether oxygens (including phenoxy) is 1. The molecule has 10 nitrogen and oxygen atoms in total. The molecule has 0 aliphatic heterocycles. The minimum absolute atomic E-state index is 0.0542. The largest absolute Gasteiger partial charge is 0.494 e. The molecule has 0 aliphatic rings. The van der Waals surface area contributed by atoms with Gasteiger partial charge in [-0.05, 0) is 71.1 Å². The van der Waals surface area contributed by atoms with Crippen LogP contribution < -0.4 is 20.7 Å². The molecule has 10 heteroatoms. The molecule has 0 radical (unpaired) electrons. The van der Waals surface area contributed by atoms with Gasteiger partial charge in [-0.2, -0.15) is 0 Å². The van der Waals surface area contributed by atoms with Crippen molar-refractivity contribution >= 4 is 23.4 Å². The molecule has 1 atom stereocenters. The van der Waals surface area contributed by atoms with Gasteiger partial charge in [0.25, 0.3) is 5.91 Å². The SMILES string of the molecule is CCCCCCCCCCCCNC(=O)CCCOc1ccc(NC(NC(=O)CCCN(C)C)C(=O)N(O)CC)cc1. The quantitative estimate of drug-likeness (QED) is 0.0526. The molecule has 42 heavy (non-hydrogen) atoms. The second-order valence-corrected chi connectivity index (χ2v) is 11.1. The number of carbonyl (C=O) groups is 3. The molecule has 240 valence electrons. The Labute approximate surface area is 253 Å². The molecule has 1 rings (SSSR count). The van der Waals surface area contributed by atoms with Crippen molar-refractivity contribution in [2.45, 2.75) is 110 Å². The van der Waals surface area contributed by atoms with E-state index in [1.165, 1.54) is 51.4 Å². The first-order chi connectivity index (χ1) is 20.3. The molecule has 0 saturated heterocycles. The van der Waals surface area contributed by atoms with Crippen molar-refractivity contribution in [2.24, 2.45) is 0 Å². The molecule has 0 heterocycles. The molecule has 0 aliphatic carbocycles. The molecular formula is C32H57N5O5. The summed E-state index contributed by atoms with van der Waals surface area (Å²) in [5, 5.41) is 19.1. The molecule has 0 saturated carbocycles. The van der Waals surface area contributed by atoms with Gasteiger partial charge in [0.15, 0.2) is 6.17 Å². The highest BCUT2D eigenvalue weighted by Crippen LogP contribution is 2.17. The van der Waals surface area contributed by atoms with Crippen molar-refractivity contribution in [3.63, 3.8) is 0 Å². The average molecular weight is 592 g/mol.